The predicted octanol–water partition coefficient (Wildman–Crippen LogP) is 4.18. The lowest BCUT2D eigenvalue weighted by Gasteiger charge is -2.40. The lowest BCUT2D eigenvalue weighted by atomic mass is 9.64. The highest BCUT2D eigenvalue weighted by molar-refractivity contribution is 5.63. The molecule has 1 fully saturated rings. The van der Waals surface area contributed by atoms with Gasteiger partial charge in [-0.05, 0) is 48.8 Å². The predicted molar refractivity (Wildman–Crippen MR) is 79.7 cm³/mol. The first-order chi connectivity index (χ1) is 9.31. The molecule has 1 heteroatoms. The van der Waals surface area contributed by atoms with Crippen LogP contribution < -0.4 is 5.73 Å². The van der Waals surface area contributed by atoms with Crippen molar-refractivity contribution in [2.75, 3.05) is 0 Å². The van der Waals surface area contributed by atoms with E-state index in [1.54, 1.807) is 22.3 Å². The Kier molecular flexibility index (Phi) is 2.60. The van der Waals surface area contributed by atoms with E-state index in [1.807, 2.05) is 0 Å². The second-order valence-electron chi connectivity index (χ2n) is 6.60. The Labute approximate surface area is 116 Å². The van der Waals surface area contributed by atoms with Crippen LogP contribution >= 0.6 is 0 Å². The Morgan fingerprint density at radius 3 is 2.79 bits per heavy atom. The summed E-state index contributed by atoms with van der Waals surface area (Å²) in [7, 11) is 0. The zero-order valence-corrected chi connectivity index (χ0v) is 11.6. The smallest absolute Gasteiger partial charge is 0.0265 e. The molecule has 100 valence electrons. The molecule has 2 N–H and O–H groups in total. The van der Waals surface area contributed by atoms with E-state index in [1.165, 1.54) is 44.9 Å². The Morgan fingerprint density at radius 2 is 1.95 bits per heavy atom. The minimum atomic E-state index is 0.239. The van der Waals surface area contributed by atoms with Crippen LogP contribution in [0.15, 0.2) is 46.6 Å². The van der Waals surface area contributed by atoms with Crippen molar-refractivity contribution in [2.24, 2.45) is 11.1 Å². The highest BCUT2D eigenvalue weighted by Crippen LogP contribution is 2.59. The summed E-state index contributed by atoms with van der Waals surface area (Å²) in [5, 5.41) is 0. The minimum Gasteiger partial charge on any atom is -0.324 e. The molecule has 4 aliphatic rings. The van der Waals surface area contributed by atoms with Gasteiger partial charge in [0.15, 0.2) is 0 Å². The third-order valence-corrected chi connectivity index (χ3v) is 5.57. The molecule has 19 heavy (non-hydrogen) atoms. The molecule has 1 nitrogen and oxygen atoms in total. The number of nitrogens with two attached hydrogens (primary N) is 1. The molecular weight excluding hydrogens is 230 g/mol. The van der Waals surface area contributed by atoms with Crippen molar-refractivity contribution in [2.45, 2.75) is 57.4 Å². The van der Waals surface area contributed by atoms with Crippen LogP contribution in [0, 0.1) is 5.41 Å². The fourth-order valence-corrected chi connectivity index (χ4v) is 4.75. The molecular formula is C18H23N. The normalized spacial score (nSPS) is 31.9. The number of hydrogen-bond donors (Lipinski definition) is 1. The van der Waals surface area contributed by atoms with Crippen LogP contribution in [0.25, 0.3) is 0 Å². The zero-order chi connectivity index (χ0) is 12.9. The highest BCUT2D eigenvalue weighted by Gasteiger charge is 2.46. The summed E-state index contributed by atoms with van der Waals surface area (Å²) in [6, 6.07) is 0.239. The van der Waals surface area contributed by atoms with E-state index in [9.17, 15) is 0 Å². The molecule has 1 spiro atoms. The first-order valence-electron chi connectivity index (χ1n) is 7.89. The van der Waals surface area contributed by atoms with E-state index in [-0.39, 0.29) is 6.04 Å². The molecule has 0 heterocycles. The summed E-state index contributed by atoms with van der Waals surface area (Å²) in [6.07, 6.45) is 19.8. The number of allylic oxidation sites excluding steroid dienone is 6. The molecule has 1 unspecified atom stereocenters. The van der Waals surface area contributed by atoms with Crippen LogP contribution in [-0.2, 0) is 0 Å². The second-order valence-corrected chi connectivity index (χ2v) is 6.60. The molecule has 0 saturated heterocycles. The Balaban J connectivity index is 1.87. The molecule has 0 aliphatic heterocycles. The highest BCUT2D eigenvalue weighted by atomic mass is 14.6. The average molecular weight is 253 g/mol. The van der Waals surface area contributed by atoms with Gasteiger partial charge in [-0.2, -0.15) is 0 Å². The Morgan fingerprint density at radius 1 is 1.11 bits per heavy atom. The summed E-state index contributed by atoms with van der Waals surface area (Å²) in [5.74, 6) is 0. The summed E-state index contributed by atoms with van der Waals surface area (Å²) >= 11 is 0. The topological polar surface area (TPSA) is 26.0 Å². The zero-order valence-electron chi connectivity index (χ0n) is 11.6. The summed E-state index contributed by atoms with van der Waals surface area (Å²) in [5.41, 5.74) is 13.2. The average Bonchev–Trinajstić information content (AvgIpc) is 2.71. The molecule has 1 atom stereocenters. The van der Waals surface area contributed by atoms with Crippen LogP contribution in [-0.4, -0.2) is 6.04 Å². The Bertz CT molecular complexity index is 524. The molecule has 0 aromatic carbocycles. The van der Waals surface area contributed by atoms with Gasteiger partial charge in [0, 0.05) is 11.5 Å². The third kappa shape index (κ3) is 1.57. The van der Waals surface area contributed by atoms with Crippen molar-refractivity contribution in [3.8, 4) is 0 Å². The van der Waals surface area contributed by atoms with Crippen LogP contribution in [0.3, 0.4) is 0 Å². The standard InChI is InChI=1S/C18H23N/c19-13-8-9-15-14-6-2-3-7-16(14)18(17(15)12-13)10-4-1-5-11-18/h3,7-9,13H,1-2,4-6,10-12,19H2. The van der Waals surface area contributed by atoms with E-state index >= 15 is 0 Å². The van der Waals surface area contributed by atoms with Crippen molar-refractivity contribution in [1.29, 1.82) is 0 Å². The van der Waals surface area contributed by atoms with Crippen molar-refractivity contribution < 1.29 is 0 Å². The van der Waals surface area contributed by atoms with Crippen molar-refractivity contribution in [3.63, 3.8) is 0 Å². The molecule has 1 saturated carbocycles. The van der Waals surface area contributed by atoms with E-state index in [4.69, 9.17) is 5.73 Å². The fourth-order valence-electron chi connectivity index (χ4n) is 4.75. The first kappa shape index (κ1) is 11.7. The monoisotopic (exact) mass is 253 g/mol. The summed E-state index contributed by atoms with van der Waals surface area (Å²) in [6.45, 7) is 0. The maximum absolute atomic E-state index is 6.21. The van der Waals surface area contributed by atoms with Crippen LogP contribution in [0.2, 0.25) is 0 Å². The first-order valence-corrected chi connectivity index (χ1v) is 7.89. The van der Waals surface area contributed by atoms with Crippen LogP contribution in [0.1, 0.15) is 51.4 Å². The summed E-state index contributed by atoms with van der Waals surface area (Å²) in [4.78, 5) is 0. The van der Waals surface area contributed by atoms with Gasteiger partial charge in [0.1, 0.15) is 0 Å². The maximum Gasteiger partial charge on any atom is 0.0265 e. The molecule has 0 amide bonds. The van der Waals surface area contributed by atoms with Gasteiger partial charge in [-0.15, -0.1) is 0 Å². The maximum atomic E-state index is 6.21. The van der Waals surface area contributed by atoms with Gasteiger partial charge in [0.2, 0.25) is 0 Å². The number of fused-ring (bicyclic) bond motifs is 3. The second kappa shape index (κ2) is 4.21. The third-order valence-electron chi connectivity index (χ3n) is 5.57. The lowest BCUT2D eigenvalue weighted by molar-refractivity contribution is 0.289. The van der Waals surface area contributed by atoms with Gasteiger partial charge in [-0.25, -0.2) is 0 Å². The quantitative estimate of drug-likeness (QED) is 0.688. The molecule has 0 bridgehead atoms. The van der Waals surface area contributed by atoms with Gasteiger partial charge < -0.3 is 5.73 Å². The van der Waals surface area contributed by atoms with Gasteiger partial charge in [0.05, 0.1) is 0 Å². The van der Waals surface area contributed by atoms with Crippen LogP contribution in [0.5, 0.6) is 0 Å². The minimum absolute atomic E-state index is 0.239. The van der Waals surface area contributed by atoms with E-state index in [2.05, 4.69) is 24.3 Å². The molecule has 4 rings (SSSR count). The number of rotatable bonds is 0. The van der Waals surface area contributed by atoms with E-state index in [0.29, 0.717) is 5.41 Å². The largest absolute Gasteiger partial charge is 0.324 e. The van der Waals surface area contributed by atoms with Crippen molar-refractivity contribution in [1.82, 2.24) is 0 Å². The Hall–Kier alpha value is -1.08. The van der Waals surface area contributed by atoms with E-state index < -0.39 is 0 Å². The van der Waals surface area contributed by atoms with Crippen molar-refractivity contribution >= 4 is 0 Å². The summed E-state index contributed by atoms with van der Waals surface area (Å²) < 4.78 is 0. The fraction of sp³-hybridized carbons (Fsp3) is 0.556. The molecule has 0 aromatic heterocycles. The van der Waals surface area contributed by atoms with Gasteiger partial charge >= 0.3 is 0 Å². The number of hydrogen-bond acceptors (Lipinski definition) is 1. The molecule has 0 aromatic rings. The molecule has 4 aliphatic carbocycles. The van der Waals surface area contributed by atoms with E-state index in [0.717, 1.165) is 6.42 Å². The lowest BCUT2D eigenvalue weighted by Crippen LogP contribution is -2.31. The van der Waals surface area contributed by atoms with Crippen LogP contribution in [0.4, 0.5) is 0 Å². The SMILES string of the molecule is NC1C=CC2=C(C1)C1(CCCCC1)C1=C2CCC=C1. The van der Waals surface area contributed by atoms with Crippen molar-refractivity contribution in [3.05, 3.63) is 46.6 Å². The van der Waals surface area contributed by atoms with Gasteiger partial charge in [-0.3, -0.25) is 0 Å². The van der Waals surface area contributed by atoms with Gasteiger partial charge in [-0.1, -0.05) is 49.1 Å². The molecule has 0 radical (unpaired) electrons. The van der Waals surface area contributed by atoms with Gasteiger partial charge in [0.25, 0.3) is 0 Å².